The summed E-state index contributed by atoms with van der Waals surface area (Å²) < 4.78 is 0. The molecule has 0 spiro atoms. The Hall–Kier alpha value is -1.79. The van der Waals surface area contributed by atoms with Gasteiger partial charge in [0.15, 0.2) is 0 Å². The van der Waals surface area contributed by atoms with Crippen molar-refractivity contribution in [1.29, 1.82) is 0 Å². The molecule has 21 heavy (non-hydrogen) atoms. The molecule has 0 aliphatic heterocycles. The highest BCUT2D eigenvalue weighted by Crippen LogP contribution is 2.24. The number of carbonyl (C=O) groups excluding carboxylic acids is 2. The summed E-state index contributed by atoms with van der Waals surface area (Å²) >= 11 is 3.06. The zero-order chi connectivity index (χ0) is 15.2. The standard InChI is InChI=1S/C15H16N2O2S2/c1-3-20-11-6-4-10(5-7-11)13(18)17-15-12(8-9-21-15)14(19)16-2/h4-9H,3H2,1-2H3,(H,16,19)(H,17,18). The van der Waals surface area contributed by atoms with Gasteiger partial charge in [-0.3, -0.25) is 9.59 Å². The zero-order valence-corrected chi connectivity index (χ0v) is 13.4. The van der Waals surface area contributed by atoms with Crippen LogP contribution >= 0.6 is 23.1 Å². The molecule has 0 aliphatic rings. The first-order valence-corrected chi connectivity index (χ1v) is 8.36. The maximum atomic E-state index is 12.2. The number of hydrogen-bond donors (Lipinski definition) is 2. The van der Waals surface area contributed by atoms with Gasteiger partial charge < -0.3 is 10.6 Å². The van der Waals surface area contributed by atoms with Crippen molar-refractivity contribution in [2.75, 3.05) is 18.1 Å². The number of thioether (sulfide) groups is 1. The molecule has 0 radical (unpaired) electrons. The Morgan fingerprint density at radius 3 is 2.48 bits per heavy atom. The number of amides is 2. The minimum Gasteiger partial charge on any atom is -0.355 e. The highest BCUT2D eigenvalue weighted by Gasteiger charge is 2.14. The Morgan fingerprint density at radius 1 is 1.14 bits per heavy atom. The van der Waals surface area contributed by atoms with Gasteiger partial charge in [-0.1, -0.05) is 6.92 Å². The van der Waals surface area contributed by atoms with Gasteiger partial charge in [0.2, 0.25) is 0 Å². The van der Waals surface area contributed by atoms with Crippen LogP contribution in [0.4, 0.5) is 5.00 Å². The molecule has 0 atom stereocenters. The van der Waals surface area contributed by atoms with E-state index >= 15 is 0 Å². The second-order valence-corrected chi connectivity index (χ2v) is 6.41. The molecule has 0 unspecified atom stereocenters. The number of hydrogen-bond acceptors (Lipinski definition) is 4. The van der Waals surface area contributed by atoms with Crippen LogP contribution in [0.3, 0.4) is 0 Å². The Morgan fingerprint density at radius 2 is 1.86 bits per heavy atom. The van der Waals surface area contributed by atoms with E-state index in [1.807, 2.05) is 12.1 Å². The smallest absolute Gasteiger partial charge is 0.256 e. The lowest BCUT2D eigenvalue weighted by molar-refractivity contribution is 0.0964. The Balaban J connectivity index is 2.11. The molecule has 2 amide bonds. The molecule has 0 saturated heterocycles. The molecule has 2 aromatic rings. The quantitative estimate of drug-likeness (QED) is 0.829. The molecule has 1 aromatic carbocycles. The van der Waals surface area contributed by atoms with Crippen molar-refractivity contribution in [3.63, 3.8) is 0 Å². The maximum Gasteiger partial charge on any atom is 0.256 e. The average molecular weight is 320 g/mol. The van der Waals surface area contributed by atoms with Crippen LogP contribution in [-0.2, 0) is 0 Å². The monoisotopic (exact) mass is 320 g/mol. The van der Waals surface area contributed by atoms with Crippen molar-refractivity contribution in [3.05, 3.63) is 46.8 Å². The van der Waals surface area contributed by atoms with Crippen LogP contribution in [0, 0.1) is 0 Å². The molecule has 2 N–H and O–H groups in total. The van der Waals surface area contributed by atoms with Crippen molar-refractivity contribution in [1.82, 2.24) is 5.32 Å². The van der Waals surface area contributed by atoms with Gasteiger partial charge >= 0.3 is 0 Å². The number of carbonyl (C=O) groups is 2. The first-order chi connectivity index (χ1) is 10.2. The third-order valence-electron chi connectivity index (χ3n) is 2.79. The SMILES string of the molecule is CCSc1ccc(C(=O)Nc2sccc2C(=O)NC)cc1. The molecule has 4 nitrogen and oxygen atoms in total. The van der Waals surface area contributed by atoms with Gasteiger partial charge in [-0.25, -0.2) is 0 Å². The predicted molar refractivity (Wildman–Crippen MR) is 88.5 cm³/mol. The van der Waals surface area contributed by atoms with Crippen LogP contribution in [0.25, 0.3) is 0 Å². The average Bonchev–Trinajstić information content (AvgIpc) is 2.95. The maximum absolute atomic E-state index is 12.2. The molecule has 0 saturated carbocycles. The highest BCUT2D eigenvalue weighted by atomic mass is 32.2. The van der Waals surface area contributed by atoms with E-state index in [1.165, 1.54) is 11.3 Å². The molecule has 0 fully saturated rings. The fourth-order valence-electron chi connectivity index (χ4n) is 1.76. The van der Waals surface area contributed by atoms with Gasteiger partial charge in [0.25, 0.3) is 11.8 Å². The van der Waals surface area contributed by atoms with E-state index in [0.717, 1.165) is 10.6 Å². The van der Waals surface area contributed by atoms with Crippen molar-refractivity contribution >= 4 is 39.9 Å². The molecule has 110 valence electrons. The fourth-order valence-corrected chi connectivity index (χ4v) is 3.21. The van der Waals surface area contributed by atoms with Crippen molar-refractivity contribution in [2.24, 2.45) is 0 Å². The molecule has 2 rings (SSSR count). The van der Waals surface area contributed by atoms with E-state index in [0.29, 0.717) is 16.1 Å². The van der Waals surface area contributed by atoms with Gasteiger partial charge in [0, 0.05) is 17.5 Å². The molecule has 6 heteroatoms. The largest absolute Gasteiger partial charge is 0.355 e. The third-order valence-corrected chi connectivity index (χ3v) is 4.52. The van der Waals surface area contributed by atoms with Crippen molar-refractivity contribution in [2.45, 2.75) is 11.8 Å². The summed E-state index contributed by atoms with van der Waals surface area (Å²) in [4.78, 5) is 25.0. The fraction of sp³-hybridized carbons (Fsp3) is 0.200. The normalized spacial score (nSPS) is 10.2. The molecular formula is C15H16N2O2S2. The van der Waals surface area contributed by atoms with Crippen LogP contribution < -0.4 is 10.6 Å². The summed E-state index contributed by atoms with van der Waals surface area (Å²) in [6.07, 6.45) is 0. The third kappa shape index (κ3) is 3.86. The highest BCUT2D eigenvalue weighted by molar-refractivity contribution is 7.99. The van der Waals surface area contributed by atoms with E-state index in [9.17, 15) is 9.59 Å². The molecule has 1 heterocycles. The molecule has 1 aromatic heterocycles. The van der Waals surface area contributed by atoms with E-state index in [2.05, 4.69) is 17.6 Å². The number of rotatable bonds is 5. The molecule has 0 aliphatic carbocycles. The van der Waals surface area contributed by atoms with Gasteiger partial charge in [-0.2, -0.15) is 0 Å². The number of anilines is 1. The van der Waals surface area contributed by atoms with Crippen LogP contribution in [0.15, 0.2) is 40.6 Å². The lowest BCUT2D eigenvalue weighted by Gasteiger charge is -2.06. The zero-order valence-electron chi connectivity index (χ0n) is 11.8. The van der Waals surface area contributed by atoms with Crippen LogP contribution in [0.1, 0.15) is 27.6 Å². The summed E-state index contributed by atoms with van der Waals surface area (Å²) in [6, 6.07) is 9.13. The van der Waals surface area contributed by atoms with E-state index < -0.39 is 0 Å². The van der Waals surface area contributed by atoms with Crippen LogP contribution in [0.2, 0.25) is 0 Å². The Bertz CT molecular complexity index is 635. The first-order valence-electron chi connectivity index (χ1n) is 6.49. The summed E-state index contributed by atoms with van der Waals surface area (Å²) in [6.45, 7) is 2.09. The Labute approximate surface area is 131 Å². The molecule has 0 bridgehead atoms. The van der Waals surface area contributed by atoms with E-state index in [4.69, 9.17) is 0 Å². The van der Waals surface area contributed by atoms with Crippen LogP contribution in [-0.4, -0.2) is 24.6 Å². The van der Waals surface area contributed by atoms with E-state index in [1.54, 1.807) is 42.4 Å². The van der Waals surface area contributed by atoms with Gasteiger partial charge in [-0.05, 0) is 41.5 Å². The lowest BCUT2D eigenvalue weighted by atomic mass is 10.2. The second-order valence-electron chi connectivity index (χ2n) is 4.15. The summed E-state index contributed by atoms with van der Waals surface area (Å²) in [5.41, 5.74) is 1.06. The number of thiophene rings is 1. The van der Waals surface area contributed by atoms with Crippen molar-refractivity contribution < 1.29 is 9.59 Å². The summed E-state index contributed by atoms with van der Waals surface area (Å²) in [7, 11) is 1.57. The van der Waals surface area contributed by atoms with E-state index in [-0.39, 0.29) is 11.8 Å². The van der Waals surface area contributed by atoms with Crippen molar-refractivity contribution in [3.8, 4) is 0 Å². The van der Waals surface area contributed by atoms with Gasteiger partial charge in [-0.15, -0.1) is 23.1 Å². The van der Waals surface area contributed by atoms with Crippen LogP contribution in [0.5, 0.6) is 0 Å². The minimum absolute atomic E-state index is 0.207. The molecular weight excluding hydrogens is 304 g/mol. The lowest BCUT2D eigenvalue weighted by Crippen LogP contribution is -2.20. The number of nitrogens with one attached hydrogen (secondary N) is 2. The summed E-state index contributed by atoms with van der Waals surface area (Å²) in [5.74, 6) is 0.577. The van der Waals surface area contributed by atoms with Gasteiger partial charge in [0.05, 0.1) is 5.56 Å². The minimum atomic E-state index is -0.212. The number of benzene rings is 1. The van der Waals surface area contributed by atoms with Gasteiger partial charge in [0.1, 0.15) is 5.00 Å². The predicted octanol–water partition coefficient (Wildman–Crippen LogP) is 3.47. The second kappa shape index (κ2) is 7.28. The Kier molecular flexibility index (Phi) is 5.41. The summed E-state index contributed by atoms with van der Waals surface area (Å²) in [5, 5.41) is 7.68. The topological polar surface area (TPSA) is 58.2 Å². The first kappa shape index (κ1) is 15.6.